The molecule has 0 amide bonds. The summed E-state index contributed by atoms with van der Waals surface area (Å²) in [7, 11) is 0. The molecule has 7 heteroatoms. The van der Waals surface area contributed by atoms with E-state index in [0.717, 1.165) is 0 Å². The molecule has 0 bridgehead atoms. The molecule has 0 saturated heterocycles. The number of hydrogen-bond acceptors (Lipinski definition) is 2. The molecule has 0 aliphatic rings. The molecule has 2 aromatic rings. The Balaban J connectivity index is 2.44. The largest absolute Gasteiger partial charge is 0.451 e. The molecule has 0 spiro atoms. The first-order chi connectivity index (χ1) is 7.48. The number of aromatic amines is 1. The van der Waals surface area contributed by atoms with Gasteiger partial charge in [-0.2, -0.15) is 18.3 Å². The lowest BCUT2D eigenvalue weighted by Gasteiger charge is -1.99. The molecule has 0 saturated carbocycles. The Morgan fingerprint density at radius 1 is 1.19 bits per heavy atom. The summed E-state index contributed by atoms with van der Waals surface area (Å²) in [6, 6.07) is 6.79. The second-order valence-electron chi connectivity index (χ2n) is 2.99. The van der Waals surface area contributed by atoms with Crippen molar-refractivity contribution in [2.45, 2.75) is 6.18 Å². The molecule has 0 radical (unpaired) electrons. The minimum absolute atomic E-state index is 0.0137. The van der Waals surface area contributed by atoms with Crippen molar-refractivity contribution in [2.75, 3.05) is 0 Å². The van der Waals surface area contributed by atoms with E-state index in [4.69, 9.17) is 0 Å². The summed E-state index contributed by atoms with van der Waals surface area (Å²) in [6.07, 6.45) is -4.51. The summed E-state index contributed by atoms with van der Waals surface area (Å²) in [4.78, 5) is 3.39. The summed E-state index contributed by atoms with van der Waals surface area (Å²) in [6.45, 7) is 0. The van der Waals surface area contributed by atoms with Crippen LogP contribution in [-0.2, 0) is 6.18 Å². The highest BCUT2D eigenvalue weighted by molar-refractivity contribution is 9.10. The van der Waals surface area contributed by atoms with Crippen LogP contribution in [0.25, 0.3) is 11.4 Å². The van der Waals surface area contributed by atoms with Crippen LogP contribution in [0.15, 0.2) is 28.7 Å². The van der Waals surface area contributed by atoms with E-state index in [-0.39, 0.29) is 5.82 Å². The van der Waals surface area contributed by atoms with E-state index in [2.05, 4.69) is 26.0 Å². The lowest BCUT2D eigenvalue weighted by molar-refractivity contribution is -0.144. The van der Waals surface area contributed by atoms with Crippen molar-refractivity contribution in [1.82, 2.24) is 15.2 Å². The lowest BCUT2D eigenvalue weighted by atomic mass is 10.2. The molecule has 1 N–H and O–H groups in total. The predicted octanol–water partition coefficient (Wildman–Crippen LogP) is 3.25. The van der Waals surface area contributed by atoms with Crippen molar-refractivity contribution in [1.29, 1.82) is 0 Å². The summed E-state index contributed by atoms with van der Waals surface area (Å²) in [5.41, 5.74) is 0.509. The highest BCUT2D eigenvalue weighted by Gasteiger charge is 2.35. The fourth-order valence-electron chi connectivity index (χ4n) is 1.15. The van der Waals surface area contributed by atoms with E-state index < -0.39 is 12.0 Å². The zero-order valence-corrected chi connectivity index (χ0v) is 9.30. The number of rotatable bonds is 1. The van der Waals surface area contributed by atoms with Gasteiger partial charge in [-0.15, -0.1) is 0 Å². The normalized spacial score (nSPS) is 11.8. The van der Waals surface area contributed by atoms with Gasteiger partial charge in [0, 0.05) is 10.0 Å². The molecule has 3 nitrogen and oxygen atoms in total. The summed E-state index contributed by atoms with van der Waals surface area (Å²) < 4.78 is 37.5. The van der Waals surface area contributed by atoms with Crippen LogP contribution < -0.4 is 0 Å². The van der Waals surface area contributed by atoms with Crippen LogP contribution in [0.2, 0.25) is 0 Å². The van der Waals surface area contributed by atoms with Crippen LogP contribution in [0, 0.1) is 0 Å². The van der Waals surface area contributed by atoms with E-state index in [0.29, 0.717) is 10.0 Å². The topological polar surface area (TPSA) is 41.6 Å². The molecule has 2 rings (SSSR count). The van der Waals surface area contributed by atoms with Crippen LogP contribution in [0.4, 0.5) is 13.2 Å². The number of H-pyrrole nitrogens is 1. The minimum Gasteiger partial charge on any atom is -0.255 e. The van der Waals surface area contributed by atoms with Crippen molar-refractivity contribution in [3.63, 3.8) is 0 Å². The first-order valence-electron chi connectivity index (χ1n) is 4.23. The molecule has 1 heterocycles. The number of nitrogens with one attached hydrogen (secondary N) is 1. The highest BCUT2D eigenvalue weighted by Crippen LogP contribution is 2.29. The smallest absolute Gasteiger partial charge is 0.255 e. The van der Waals surface area contributed by atoms with Gasteiger partial charge in [0.2, 0.25) is 5.82 Å². The SMILES string of the molecule is FC(F)(F)c1nc(-c2ccccc2Br)n[nH]1. The highest BCUT2D eigenvalue weighted by atomic mass is 79.9. The second kappa shape index (κ2) is 3.89. The molecular formula is C9H5BrF3N3. The number of aromatic nitrogens is 3. The third-order valence-corrected chi connectivity index (χ3v) is 2.56. The maximum Gasteiger partial charge on any atom is 0.451 e. The molecule has 0 atom stereocenters. The Morgan fingerprint density at radius 2 is 1.88 bits per heavy atom. The van der Waals surface area contributed by atoms with Gasteiger partial charge in [0.15, 0.2) is 5.82 Å². The Morgan fingerprint density at radius 3 is 2.44 bits per heavy atom. The van der Waals surface area contributed by atoms with Crippen LogP contribution >= 0.6 is 15.9 Å². The quantitative estimate of drug-likeness (QED) is 0.876. The average Bonchev–Trinajstić information content (AvgIpc) is 2.66. The van der Waals surface area contributed by atoms with Gasteiger partial charge in [-0.05, 0) is 12.1 Å². The summed E-state index contributed by atoms with van der Waals surface area (Å²) >= 11 is 3.22. The van der Waals surface area contributed by atoms with Gasteiger partial charge in [0.25, 0.3) is 0 Å². The first kappa shape index (κ1) is 11.1. The number of halogens is 4. The number of alkyl halides is 3. The van der Waals surface area contributed by atoms with Gasteiger partial charge in [-0.3, -0.25) is 5.10 Å². The third kappa shape index (κ3) is 2.08. The Labute approximate surface area is 96.8 Å². The lowest BCUT2D eigenvalue weighted by Crippen LogP contribution is -2.07. The van der Waals surface area contributed by atoms with Crippen molar-refractivity contribution >= 4 is 15.9 Å². The average molecular weight is 292 g/mol. The molecule has 1 aromatic carbocycles. The summed E-state index contributed by atoms with van der Waals surface area (Å²) in [5, 5.41) is 5.39. The van der Waals surface area contributed by atoms with E-state index in [9.17, 15) is 13.2 Å². The van der Waals surface area contributed by atoms with Crippen molar-refractivity contribution in [3.8, 4) is 11.4 Å². The molecule has 0 unspecified atom stereocenters. The van der Waals surface area contributed by atoms with E-state index in [1.54, 1.807) is 24.3 Å². The molecular weight excluding hydrogens is 287 g/mol. The maximum absolute atomic E-state index is 12.3. The Bertz CT molecular complexity index is 507. The summed E-state index contributed by atoms with van der Waals surface area (Å²) in [5.74, 6) is -1.09. The van der Waals surface area contributed by atoms with Gasteiger partial charge in [0.1, 0.15) is 0 Å². The van der Waals surface area contributed by atoms with E-state index in [1.807, 2.05) is 5.10 Å². The standard InChI is InChI=1S/C9H5BrF3N3/c10-6-4-2-1-3-5(6)7-14-8(16-15-7)9(11,12)13/h1-4H,(H,14,15,16). The monoisotopic (exact) mass is 291 g/mol. The van der Waals surface area contributed by atoms with Gasteiger partial charge >= 0.3 is 6.18 Å². The minimum atomic E-state index is -4.51. The van der Waals surface area contributed by atoms with Crippen LogP contribution in [0.3, 0.4) is 0 Å². The predicted molar refractivity (Wildman–Crippen MR) is 54.5 cm³/mol. The van der Waals surface area contributed by atoms with Gasteiger partial charge < -0.3 is 0 Å². The number of nitrogens with zero attached hydrogens (tertiary/aromatic N) is 2. The molecule has 1 aromatic heterocycles. The molecule has 16 heavy (non-hydrogen) atoms. The van der Waals surface area contributed by atoms with Crippen LogP contribution in [-0.4, -0.2) is 15.2 Å². The van der Waals surface area contributed by atoms with Crippen LogP contribution in [0.1, 0.15) is 5.82 Å². The van der Waals surface area contributed by atoms with Gasteiger partial charge in [-0.1, -0.05) is 28.1 Å². The third-order valence-electron chi connectivity index (χ3n) is 1.87. The van der Waals surface area contributed by atoms with Crippen molar-refractivity contribution in [2.24, 2.45) is 0 Å². The van der Waals surface area contributed by atoms with Crippen molar-refractivity contribution in [3.05, 3.63) is 34.6 Å². The van der Waals surface area contributed by atoms with E-state index in [1.165, 1.54) is 0 Å². The van der Waals surface area contributed by atoms with E-state index >= 15 is 0 Å². The zero-order valence-electron chi connectivity index (χ0n) is 7.72. The Hall–Kier alpha value is -1.37. The Kier molecular flexibility index (Phi) is 2.71. The second-order valence-corrected chi connectivity index (χ2v) is 3.84. The molecule has 84 valence electrons. The van der Waals surface area contributed by atoms with Gasteiger partial charge in [-0.25, -0.2) is 4.98 Å². The molecule has 0 aliphatic heterocycles. The maximum atomic E-state index is 12.3. The number of benzene rings is 1. The fourth-order valence-corrected chi connectivity index (χ4v) is 1.61. The molecule has 0 fully saturated rings. The van der Waals surface area contributed by atoms with Crippen LogP contribution in [0.5, 0.6) is 0 Å². The van der Waals surface area contributed by atoms with Gasteiger partial charge in [0.05, 0.1) is 0 Å². The number of hydrogen-bond donors (Lipinski definition) is 1. The zero-order chi connectivity index (χ0) is 11.8. The molecule has 0 aliphatic carbocycles. The van der Waals surface area contributed by atoms with Crippen molar-refractivity contribution < 1.29 is 13.2 Å². The fraction of sp³-hybridized carbons (Fsp3) is 0.111. The first-order valence-corrected chi connectivity index (χ1v) is 5.02.